The first-order valence-corrected chi connectivity index (χ1v) is 10.3. The van der Waals surface area contributed by atoms with Crippen LogP contribution in [0.15, 0.2) is 72.8 Å². The minimum absolute atomic E-state index is 0.0993. The Balaban J connectivity index is 1.77. The summed E-state index contributed by atoms with van der Waals surface area (Å²) in [6, 6.07) is 21.4. The van der Waals surface area contributed by atoms with Crippen molar-refractivity contribution in [2.75, 3.05) is 0 Å². The molecule has 3 aromatic carbocycles. The summed E-state index contributed by atoms with van der Waals surface area (Å²) >= 11 is 0. The van der Waals surface area contributed by atoms with Gasteiger partial charge in [0.1, 0.15) is 11.3 Å². The van der Waals surface area contributed by atoms with Crippen molar-refractivity contribution in [3.8, 4) is 22.6 Å². The number of nitrogens with two attached hydrogens (primary N) is 1. The number of benzene rings is 3. The summed E-state index contributed by atoms with van der Waals surface area (Å²) in [4.78, 5) is 28.6. The van der Waals surface area contributed by atoms with Crippen LogP contribution in [0.1, 0.15) is 39.8 Å². The standard InChI is InChI=1S/C26H22N2O4/c1-2-7-22-24(23(26(30)31)20-10-5-6-11-21(20)28-22)32-17-14-12-16(13-15-17)18-8-3-4-9-19(18)25(27)29/h3-6,8-15H,2,7H2,1H3,(H2,27,29)(H,30,31). The Bertz CT molecular complexity index is 1310. The highest BCUT2D eigenvalue weighted by Crippen LogP contribution is 2.35. The summed E-state index contributed by atoms with van der Waals surface area (Å²) in [5.41, 5.74) is 8.77. The van der Waals surface area contributed by atoms with Gasteiger partial charge in [-0.25, -0.2) is 9.78 Å². The fourth-order valence-electron chi connectivity index (χ4n) is 3.74. The average molecular weight is 426 g/mol. The van der Waals surface area contributed by atoms with Gasteiger partial charge in [0.15, 0.2) is 5.75 Å². The first kappa shape index (κ1) is 21.1. The highest BCUT2D eigenvalue weighted by Gasteiger charge is 2.22. The topological polar surface area (TPSA) is 103 Å². The number of hydrogen-bond donors (Lipinski definition) is 2. The summed E-state index contributed by atoms with van der Waals surface area (Å²) in [6.45, 7) is 2.01. The Morgan fingerprint density at radius 2 is 1.66 bits per heavy atom. The van der Waals surface area contributed by atoms with Crippen molar-refractivity contribution in [3.05, 3.63) is 89.6 Å². The van der Waals surface area contributed by atoms with Gasteiger partial charge < -0.3 is 15.6 Å². The number of primary amides is 1. The van der Waals surface area contributed by atoms with E-state index in [1.807, 2.05) is 37.3 Å². The largest absolute Gasteiger partial charge is 0.478 e. The van der Waals surface area contributed by atoms with Gasteiger partial charge in [-0.15, -0.1) is 0 Å². The number of aromatic carboxylic acids is 1. The van der Waals surface area contributed by atoms with E-state index in [2.05, 4.69) is 4.98 Å². The molecule has 0 bridgehead atoms. The molecule has 32 heavy (non-hydrogen) atoms. The monoisotopic (exact) mass is 426 g/mol. The van der Waals surface area contributed by atoms with Gasteiger partial charge in [-0.2, -0.15) is 0 Å². The molecule has 1 amide bonds. The van der Waals surface area contributed by atoms with Gasteiger partial charge in [0.25, 0.3) is 0 Å². The number of carbonyl (C=O) groups is 2. The van der Waals surface area contributed by atoms with Crippen molar-refractivity contribution in [2.24, 2.45) is 5.73 Å². The summed E-state index contributed by atoms with van der Waals surface area (Å²) in [5, 5.41) is 10.5. The van der Waals surface area contributed by atoms with Crippen molar-refractivity contribution < 1.29 is 19.4 Å². The number of rotatable bonds is 7. The van der Waals surface area contributed by atoms with E-state index >= 15 is 0 Å². The van der Waals surface area contributed by atoms with Gasteiger partial charge in [0, 0.05) is 10.9 Å². The normalized spacial score (nSPS) is 10.8. The van der Waals surface area contributed by atoms with Crippen molar-refractivity contribution in [3.63, 3.8) is 0 Å². The molecule has 3 N–H and O–H groups in total. The first-order chi connectivity index (χ1) is 15.5. The third-order valence-corrected chi connectivity index (χ3v) is 5.20. The van der Waals surface area contributed by atoms with Gasteiger partial charge in [-0.3, -0.25) is 4.79 Å². The van der Waals surface area contributed by atoms with Gasteiger partial charge in [0.05, 0.1) is 11.2 Å². The van der Waals surface area contributed by atoms with Crippen molar-refractivity contribution in [1.82, 2.24) is 4.98 Å². The predicted octanol–water partition coefficient (Wildman–Crippen LogP) is 5.44. The van der Waals surface area contributed by atoms with Crippen LogP contribution in [0.3, 0.4) is 0 Å². The summed E-state index contributed by atoms with van der Waals surface area (Å²) in [7, 11) is 0. The molecule has 0 saturated carbocycles. The minimum Gasteiger partial charge on any atom is -0.478 e. The fourth-order valence-corrected chi connectivity index (χ4v) is 3.74. The van der Waals surface area contributed by atoms with E-state index in [4.69, 9.17) is 10.5 Å². The molecule has 0 saturated heterocycles. The van der Waals surface area contributed by atoms with Crippen molar-refractivity contribution >= 4 is 22.8 Å². The second-order valence-electron chi connectivity index (χ2n) is 7.37. The van der Waals surface area contributed by atoms with Gasteiger partial charge in [-0.05, 0) is 41.8 Å². The summed E-state index contributed by atoms with van der Waals surface area (Å²) in [5.74, 6) is -0.841. The lowest BCUT2D eigenvalue weighted by molar-refractivity contribution is 0.0695. The molecule has 6 nitrogen and oxygen atoms in total. The van der Waals surface area contributed by atoms with Crippen LogP contribution in [0.2, 0.25) is 0 Å². The van der Waals surface area contributed by atoms with E-state index < -0.39 is 11.9 Å². The average Bonchev–Trinajstić information content (AvgIpc) is 2.79. The van der Waals surface area contributed by atoms with Crippen LogP contribution < -0.4 is 10.5 Å². The molecular weight excluding hydrogens is 404 g/mol. The number of fused-ring (bicyclic) bond motifs is 1. The first-order valence-electron chi connectivity index (χ1n) is 10.3. The highest BCUT2D eigenvalue weighted by molar-refractivity contribution is 6.05. The number of pyridine rings is 1. The smallest absolute Gasteiger partial charge is 0.340 e. The molecule has 6 heteroatoms. The van der Waals surface area contributed by atoms with E-state index in [9.17, 15) is 14.7 Å². The maximum Gasteiger partial charge on any atom is 0.340 e. The van der Waals surface area contributed by atoms with E-state index in [0.717, 1.165) is 17.5 Å². The number of aromatic nitrogens is 1. The molecule has 1 heterocycles. The molecule has 1 aromatic heterocycles. The number of carbonyl (C=O) groups excluding carboxylic acids is 1. The van der Waals surface area contributed by atoms with Gasteiger partial charge in [0.2, 0.25) is 5.91 Å². The number of carboxylic acid groups (broad SMARTS) is 1. The number of nitrogens with zero attached hydrogens (tertiary/aromatic N) is 1. The van der Waals surface area contributed by atoms with E-state index in [0.29, 0.717) is 34.3 Å². The molecular formula is C26H22N2O4. The van der Waals surface area contributed by atoms with Crippen LogP contribution in [-0.2, 0) is 6.42 Å². The molecule has 0 fully saturated rings. The molecule has 0 spiro atoms. The van der Waals surface area contributed by atoms with E-state index in [1.54, 1.807) is 42.5 Å². The maximum atomic E-state index is 12.2. The fraction of sp³-hybridized carbons (Fsp3) is 0.115. The lowest BCUT2D eigenvalue weighted by Crippen LogP contribution is -2.12. The second-order valence-corrected chi connectivity index (χ2v) is 7.37. The molecule has 4 aromatic rings. The Hall–Kier alpha value is -4.19. The van der Waals surface area contributed by atoms with E-state index in [1.165, 1.54) is 0 Å². The molecule has 160 valence electrons. The molecule has 0 radical (unpaired) electrons. The molecule has 0 atom stereocenters. The quantitative estimate of drug-likeness (QED) is 0.409. The molecule has 0 aliphatic rings. The van der Waals surface area contributed by atoms with Gasteiger partial charge in [-0.1, -0.05) is 61.9 Å². The summed E-state index contributed by atoms with van der Waals surface area (Å²) < 4.78 is 6.10. The Morgan fingerprint density at radius 3 is 2.34 bits per heavy atom. The van der Waals surface area contributed by atoms with Crippen molar-refractivity contribution in [1.29, 1.82) is 0 Å². The molecule has 0 aliphatic carbocycles. The number of aryl methyl sites for hydroxylation is 1. The Morgan fingerprint density at radius 1 is 0.969 bits per heavy atom. The van der Waals surface area contributed by atoms with Crippen LogP contribution in [0.5, 0.6) is 11.5 Å². The number of para-hydroxylation sites is 1. The Labute approximate surface area is 185 Å². The molecule has 0 aliphatic heterocycles. The zero-order valence-electron chi connectivity index (χ0n) is 17.5. The van der Waals surface area contributed by atoms with Crippen LogP contribution in [0.4, 0.5) is 0 Å². The minimum atomic E-state index is -1.07. The van der Waals surface area contributed by atoms with Gasteiger partial charge >= 0.3 is 5.97 Å². The lowest BCUT2D eigenvalue weighted by atomic mass is 9.99. The third kappa shape index (κ3) is 4.03. The van der Waals surface area contributed by atoms with Crippen LogP contribution in [-0.4, -0.2) is 22.0 Å². The number of hydrogen-bond acceptors (Lipinski definition) is 4. The zero-order chi connectivity index (χ0) is 22.7. The molecule has 0 unspecified atom stereocenters. The second kappa shape index (κ2) is 8.89. The van der Waals surface area contributed by atoms with E-state index in [-0.39, 0.29) is 11.3 Å². The zero-order valence-corrected chi connectivity index (χ0v) is 17.5. The highest BCUT2D eigenvalue weighted by atomic mass is 16.5. The summed E-state index contributed by atoms with van der Waals surface area (Å²) in [6.07, 6.45) is 1.38. The number of carboxylic acids is 1. The van der Waals surface area contributed by atoms with Crippen LogP contribution in [0.25, 0.3) is 22.0 Å². The number of ether oxygens (including phenoxy) is 1. The third-order valence-electron chi connectivity index (χ3n) is 5.20. The lowest BCUT2D eigenvalue weighted by Gasteiger charge is -2.16. The predicted molar refractivity (Wildman–Crippen MR) is 123 cm³/mol. The number of amides is 1. The van der Waals surface area contributed by atoms with Crippen molar-refractivity contribution in [2.45, 2.75) is 19.8 Å². The molecule has 4 rings (SSSR count). The maximum absolute atomic E-state index is 12.2. The SMILES string of the molecule is CCCc1nc2ccccc2c(C(=O)O)c1Oc1ccc(-c2ccccc2C(N)=O)cc1. The van der Waals surface area contributed by atoms with Crippen LogP contribution >= 0.6 is 0 Å². The Kier molecular flexibility index (Phi) is 5.85. The van der Waals surface area contributed by atoms with Crippen LogP contribution in [0, 0.1) is 0 Å².